The minimum absolute atomic E-state index is 0. The van der Waals surface area contributed by atoms with Crippen LogP contribution in [0, 0.1) is 14.9 Å². The van der Waals surface area contributed by atoms with Crippen molar-refractivity contribution in [1.82, 2.24) is 0 Å². The summed E-state index contributed by atoms with van der Waals surface area (Å²) in [4.78, 5) is 0. The van der Waals surface area contributed by atoms with Crippen LogP contribution in [-0.2, 0) is 26.2 Å². The zero-order chi connectivity index (χ0) is 7.07. The SMILES string of the molecule is Cl.Cl.[CH3-].[CH3-].[Zr+4].c1cc[cH-]c1.c1cc[cH-]c1. The zero-order valence-electron chi connectivity index (χ0n) is 9.09. The molecule has 0 spiro atoms. The van der Waals surface area contributed by atoms with E-state index in [0.717, 1.165) is 0 Å². The van der Waals surface area contributed by atoms with Crippen molar-refractivity contribution in [2.45, 2.75) is 0 Å². The van der Waals surface area contributed by atoms with Crippen molar-refractivity contribution in [1.29, 1.82) is 0 Å². The van der Waals surface area contributed by atoms with Crippen LogP contribution in [0.5, 0.6) is 0 Å². The van der Waals surface area contributed by atoms with Crippen LogP contribution in [0.2, 0.25) is 0 Å². The minimum atomic E-state index is 0. The van der Waals surface area contributed by atoms with E-state index in [1.165, 1.54) is 0 Å². The molecule has 0 saturated carbocycles. The fourth-order valence-electron chi connectivity index (χ4n) is 0.642. The molecule has 2 aromatic rings. The first-order valence-corrected chi connectivity index (χ1v) is 3.33. The van der Waals surface area contributed by atoms with Gasteiger partial charge in [-0.15, -0.1) is 24.8 Å². The van der Waals surface area contributed by atoms with Crippen LogP contribution in [0.25, 0.3) is 0 Å². The molecule has 2 aromatic carbocycles. The van der Waals surface area contributed by atoms with Gasteiger partial charge in [-0.25, -0.2) is 24.3 Å². The van der Waals surface area contributed by atoms with Crippen molar-refractivity contribution in [2.75, 3.05) is 0 Å². The third kappa shape index (κ3) is 20.3. The van der Waals surface area contributed by atoms with E-state index in [0.29, 0.717) is 0 Å². The van der Waals surface area contributed by atoms with Crippen molar-refractivity contribution < 1.29 is 26.2 Å². The van der Waals surface area contributed by atoms with Crippen LogP contribution >= 0.6 is 24.8 Å². The molecule has 0 aromatic heterocycles. The van der Waals surface area contributed by atoms with E-state index in [4.69, 9.17) is 0 Å². The van der Waals surface area contributed by atoms with Gasteiger partial charge in [-0.3, -0.25) is 0 Å². The fourth-order valence-corrected chi connectivity index (χ4v) is 0.642. The van der Waals surface area contributed by atoms with Crippen molar-refractivity contribution >= 4 is 24.8 Å². The van der Waals surface area contributed by atoms with E-state index < -0.39 is 0 Å². The van der Waals surface area contributed by atoms with Gasteiger partial charge in [-0.05, 0) is 0 Å². The summed E-state index contributed by atoms with van der Waals surface area (Å²) in [6.45, 7) is 0. The van der Waals surface area contributed by atoms with Gasteiger partial charge in [0.05, 0.1) is 0 Å². The van der Waals surface area contributed by atoms with E-state index in [9.17, 15) is 0 Å². The summed E-state index contributed by atoms with van der Waals surface area (Å²) in [6, 6.07) is 20.0. The topological polar surface area (TPSA) is 0 Å². The second-order valence-corrected chi connectivity index (χ2v) is 1.92. The molecule has 0 saturated heterocycles. The Kier molecular flexibility index (Phi) is 46.6. The van der Waals surface area contributed by atoms with Gasteiger partial charge >= 0.3 is 26.2 Å². The predicted octanol–water partition coefficient (Wildman–Crippen LogP) is 4.55. The molecule has 0 radical (unpaired) electrons. The summed E-state index contributed by atoms with van der Waals surface area (Å²) in [6.07, 6.45) is 0. The Hall–Kier alpha value is 0.163. The number of halogens is 2. The molecule has 0 amide bonds. The van der Waals surface area contributed by atoms with Gasteiger partial charge < -0.3 is 14.9 Å². The van der Waals surface area contributed by atoms with Crippen molar-refractivity contribution in [2.24, 2.45) is 0 Å². The molecule has 0 nitrogen and oxygen atoms in total. The molecule has 0 fully saturated rings. The van der Waals surface area contributed by atoms with Gasteiger partial charge in [0.25, 0.3) is 0 Å². The molecular formula is C12H18Cl2Zr. The molecule has 0 aliphatic heterocycles. The van der Waals surface area contributed by atoms with Gasteiger partial charge in [-0.1, -0.05) is 0 Å². The maximum Gasteiger partial charge on any atom is 4.00 e. The Morgan fingerprint density at radius 2 is 0.733 bits per heavy atom. The Bertz CT molecular complexity index is 153. The van der Waals surface area contributed by atoms with Gasteiger partial charge in [0.15, 0.2) is 0 Å². The Labute approximate surface area is 126 Å². The smallest absolute Gasteiger partial charge is 0.358 e. The maximum absolute atomic E-state index is 2.00. The van der Waals surface area contributed by atoms with Crippen LogP contribution in [0.1, 0.15) is 0 Å². The van der Waals surface area contributed by atoms with Crippen LogP contribution in [0.15, 0.2) is 60.7 Å². The normalized spacial score (nSPS) is 5.33. The molecule has 0 heterocycles. The molecule has 3 heteroatoms. The average Bonchev–Trinajstić information content (AvgIpc) is 2.67. The van der Waals surface area contributed by atoms with Crippen LogP contribution < -0.4 is 0 Å². The van der Waals surface area contributed by atoms with Crippen molar-refractivity contribution in [3.63, 3.8) is 0 Å². The van der Waals surface area contributed by atoms with Crippen LogP contribution in [0.3, 0.4) is 0 Å². The zero-order valence-corrected chi connectivity index (χ0v) is 13.2. The quantitative estimate of drug-likeness (QED) is 0.624. The van der Waals surface area contributed by atoms with Gasteiger partial charge in [-0.2, -0.15) is 36.4 Å². The molecule has 0 unspecified atom stereocenters. The Morgan fingerprint density at radius 1 is 0.533 bits per heavy atom. The van der Waals surface area contributed by atoms with E-state index in [1.54, 1.807) is 0 Å². The predicted molar refractivity (Wildman–Crippen MR) is 71.4 cm³/mol. The second-order valence-electron chi connectivity index (χ2n) is 1.92. The van der Waals surface area contributed by atoms with Crippen LogP contribution in [-0.4, -0.2) is 0 Å². The number of rotatable bonds is 0. The largest absolute Gasteiger partial charge is 4.00 e. The molecule has 0 atom stereocenters. The first-order valence-electron chi connectivity index (χ1n) is 3.33. The number of hydrogen-bond donors (Lipinski definition) is 0. The van der Waals surface area contributed by atoms with E-state index in [1.807, 2.05) is 60.7 Å². The molecule has 0 aliphatic carbocycles. The Morgan fingerprint density at radius 3 is 0.800 bits per heavy atom. The third-order valence-corrected chi connectivity index (χ3v) is 1.11. The summed E-state index contributed by atoms with van der Waals surface area (Å²) >= 11 is 0. The minimum Gasteiger partial charge on any atom is -0.358 e. The molecule has 0 N–H and O–H groups in total. The Balaban J connectivity index is -0.0000000333. The second kappa shape index (κ2) is 23.8. The standard InChI is InChI=1S/2C5H5.2CH3.2ClH.Zr/c2*1-2-4-5-3-1;;;;;/h2*1-5H;2*1H3;2*1H;/q4*-1;;;+4. The maximum atomic E-state index is 2.00. The first kappa shape index (κ1) is 29.4. The summed E-state index contributed by atoms with van der Waals surface area (Å²) in [5.74, 6) is 0. The van der Waals surface area contributed by atoms with Gasteiger partial charge in [0, 0.05) is 0 Å². The summed E-state index contributed by atoms with van der Waals surface area (Å²) < 4.78 is 0. The molecule has 84 valence electrons. The fraction of sp³-hybridized carbons (Fsp3) is 0. The average molecular weight is 324 g/mol. The summed E-state index contributed by atoms with van der Waals surface area (Å²) in [5, 5.41) is 0. The monoisotopic (exact) mass is 322 g/mol. The van der Waals surface area contributed by atoms with E-state index in [-0.39, 0.29) is 65.9 Å². The molecule has 15 heavy (non-hydrogen) atoms. The summed E-state index contributed by atoms with van der Waals surface area (Å²) in [5.41, 5.74) is 0. The third-order valence-electron chi connectivity index (χ3n) is 1.11. The van der Waals surface area contributed by atoms with E-state index in [2.05, 4.69) is 0 Å². The van der Waals surface area contributed by atoms with Gasteiger partial charge in [0.2, 0.25) is 0 Å². The summed E-state index contributed by atoms with van der Waals surface area (Å²) in [7, 11) is 0. The number of hydrogen-bond acceptors (Lipinski definition) is 0. The molecular weight excluding hydrogens is 306 g/mol. The van der Waals surface area contributed by atoms with Crippen molar-refractivity contribution in [3.8, 4) is 0 Å². The van der Waals surface area contributed by atoms with Crippen molar-refractivity contribution in [3.05, 3.63) is 75.5 Å². The van der Waals surface area contributed by atoms with E-state index >= 15 is 0 Å². The molecule has 0 bridgehead atoms. The first-order chi connectivity index (χ1) is 5.00. The molecule has 0 aliphatic rings. The van der Waals surface area contributed by atoms with Crippen LogP contribution in [0.4, 0.5) is 0 Å². The van der Waals surface area contributed by atoms with Gasteiger partial charge in [0.1, 0.15) is 0 Å². The molecule has 2 rings (SSSR count).